The Morgan fingerprint density at radius 2 is 1.90 bits per heavy atom. The number of halogens is 1. The number of piperazine rings is 1. The molecular weight excluding hydrogens is 401 g/mol. The summed E-state index contributed by atoms with van der Waals surface area (Å²) in [5.41, 5.74) is -0.498. The van der Waals surface area contributed by atoms with Crippen LogP contribution >= 0.6 is 0 Å². The molecule has 2 heterocycles. The maximum atomic E-state index is 11.7. The normalized spacial score (nSPS) is 16.4. The fraction of sp³-hybridized carbons (Fsp3) is 0.591. The van der Waals surface area contributed by atoms with Gasteiger partial charge in [-0.15, -0.1) is 0 Å². The summed E-state index contributed by atoms with van der Waals surface area (Å²) in [6.45, 7) is 11.2. The molecule has 2 rings (SSSR count). The van der Waals surface area contributed by atoms with Crippen LogP contribution in [0, 0.1) is 0 Å². The van der Waals surface area contributed by atoms with Crippen molar-refractivity contribution in [1.82, 2.24) is 14.9 Å². The molecule has 0 aliphatic carbocycles. The molecule has 9 heteroatoms. The van der Waals surface area contributed by atoms with E-state index in [1.807, 2.05) is 19.9 Å². The predicted molar refractivity (Wildman–Crippen MR) is 122 cm³/mol. The highest BCUT2D eigenvalue weighted by Gasteiger charge is 2.18. The number of carbonyl (C=O) groups is 1. The summed E-state index contributed by atoms with van der Waals surface area (Å²) in [5, 5.41) is 23.4. The van der Waals surface area contributed by atoms with E-state index < -0.39 is 11.8 Å². The standard InChI is InChI=1S/C18H27N5O3.C4H9F/c1-3-5-14(15(25)4-2)16(26)11-19-17-10-18(21-12-20-17)23-8-6-22(13-24)7-9-23;1-4(2,3)5/h3,5,10,12-13,16,25-26H,4,6-9,11H2,1-2H3,(H,19,20,21);1-3H3/b5-3-,15-14-;. The van der Waals surface area contributed by atoms with E-state index in [0.717, 1.165) is 25.3 Å². The van der Waals surface area contributed by atoms with E-state index >= 15 is 0 Å². The van der Waals surface area contributed by atoms with E-state index in [2.05, 4.69) is 20.2 Å². The van der Waals surface area contributed by atoms with Crippen molar-refractivity contribution < 1.29 is 19.4 Å². The summed E-state index contributed by atoms with van der Waals surface area (Å²) in [6.07, 6.45) is 5.45. The summed E-state index contributed by atoms with van der Waals surface area (Å²) < 4.78 is 11.7. The largest absolute Gasteiger partial charge is 0.512 e. The van der Waals surface area contributed by atoms with Gasteiger partial charge in [0.25, 0.3) is 0 Å². The van der Waals surface area contributed by atoms with Gasteiger partial charge in [-0.1, -0.05) is 19.1 Å². The van der Waals surface area contributed by atoms with Crippen LogP contribution in [0.4, 0.5) is 16.0 Å². The second-order valence-corrected chi connectivity index (χ2v) is 8.11. The van der Waals surface area contributed by atoms with Crippen molar-refractivity contribution in [2.45, 2.75) is 52.8 Å². The molecule has 1 atom stereocenters. The Morgan fingerprint density at radius 3 is 2.42 bits per heavy atom. The van der Waals surface area contributed by atoms with E-state index in [4.69, 9.17) is 0 Å². The van der Waals surface area contributed by atoms with Crippen LogP contribution in [0.15, 0.2) is 35.9 Å². The number of allylic oxidation sites excluding steroid dienone is 2. The zero-order valence-electron chi connectivity index (χ0n) is 19.2. The van der Waals surface area contributed by atoms with Gasteiger partial charge in [-0.3, -0.25) is 4.79 Å². The van der Waals surface area contributed by atoms with Gasteiger partial charge in [-0.25, -0.2) is 14.4 Å². The van der Waals surface area contributed by atoms with E-state index in [1.165, 1.54) is 27.1 Å². The van der Waals surface area contributed by atoms with Crippen molar-refractivity contribution in [3.63, 3.8) is 0 Å². The highest BCUT2D eigenvalue weighted by molar-refractivity contribution is 5.51. The average molecular weight is 438 g/mol. The molecule has 0 saturated carbocycles. The third-order valence-electron chi connectivity index (χ3n) is 4.29. The molecule has 1 unspecified atom stereocenters. The molecule has 3 N–H and O–H groups in total. The first-order chi connectivity index (χ1) is 14.6. The first kappa shape index (κ1) is 26.4. The summed E-state index contributed by atoms with van der Waals surface area (Å²) in [6, 6.07) is 1.82. The molecule has 1 aromatic rings. The van der Waals surface area contributed by atoms with Crippen molar-refractivity contribution in [1.29, 1.82) is 0 Å². The first-order valence-electron chi connectivity index (χ1n) is 10.5. The van der Waals surface area contributed by atoms with Crippen molar-refractivity contribution in [2.75, 3.05) is 42.9 Å². The van der Waals surface area contributed by atoms with Crippen LogP contribution < -0.4 is 10.2 Å². The summed E-state index contributed by atoms with van der Waals surface area (Å²) in [7, 11) is 0. The number of carbonyl (C=O) groups excluding carboxylic acids is 1. The molecule has 0 spiro atoms. The lowest BCUT2D eigenvalue weighted by Crippen LogP contribution is -2.46. The molecule has 1 aromatic heterocycles. The molecule has 1 fully saturated rings. The molecule has 31 heavy (non-hydrogen) atoms. The van der Waals surface area contributed by atoms with Crippen molar-refractivity contribution in [2.24, 2.45) is 0 Å². The van der Waals surface area contributed by atoms with Crippen LogP contribution in [-0.4, -0.2) is 76.0 Å². The zero-order valence-corrected chi connectivity index (χ0v) is 19.2. The lowest BCUT2D eigenvalue weighted by atomic mass is 10.1. The van der Waals surface area contributed by atoms with E-state index in [-0.39, 0.29) is 12.3 Å². The smallest absolute Gasteiger partial charge is 0.209 e. The Kier molecular flexibility index (Phi) is 11.0. The Labute approximate surface area is 184 Å². The van der Waals surface area contributed by atoms with Gasteiger partial charge in [0.05, 0.1) is 11.9 Å². The van der Waals surface area contributed by atoms with Crippen molar-refractivity contribution in [3.05, 3.63) is 35.9 Å². The number of nitrogens with one attached hydrogen (secondary N) is 1. The predicted octanol–water partition coefficient (Wildman–Crippen LogP) is 3.08. The molecule has 1 amide bonds. The number of hydrogen-bond acceptors (Lipinski definition) is 7. The Hall–Kier alpha value is -2.68. The van der Waals surface area contributed by atoms with Gasteiger partial charge in [0.15, 0.2) is 0 Å². The third-order valence-corrected chi connectivity index (χ3v) is 4.29. The minimum Gasteiger partial charge on any atom is -0.512 e. The average Bonchev–Trinajstić information content (AvgIpc) is 2.74. The fourth-order valence-corrected chi connectivity index (χ4v) is 2.77. The van der Waals surface area contributed by atoms with Gasteiger partial charge in [-0.05, 0) is 27.7 Å². The molecule has 0 bridgehead atoms. The molecule has 1 saturated heterocycles. The summed E-state index contributed by atoms with van der Waals surface area (Å²) in [5.74, 6) is 1.56. The number of nitrogens with zero attached hydrogens (tertiary/aromatic N) is 4. The topological polar surface area (TPSA) is 102 Å². The second-order valence-electron chi connectivity index (χ2n) is 8.11. The first-order valence-corrected chi connectivity index (χ1v) is 10.5. The molecule has 0 radical (unpaired) electrons. The maximum absolute atomic E-state index is 11.7. The molecule has 8 nitrogen and oxygen atoms in total. The number of hydrogen-bond donors (Lipinski definition) is 3. The Balaban J connectivity index is 0.000000861. The monoisotopic (exact) mass is 437 g/mol. The van der Waals surface area contributed by atoms with Crippen LogP contribution in [0.1, 0.15) is 41.0 Å². The number of amides is 1. The van der Waals surface area contributed by atoms with Gasteiger partial charge in [0.2, 0.25) is 6.41 Å². The van der Waals surface area contributed by atoms with Gasteiger partial charge >= 0.3 is 0 Å². The highest BCUT2D eigenvalue weighted by Crippen LogP contribution is 2.17. The second kappa shape index (κ2) is 12.9. The number of alkyl halides is 1. The molecule has 0 aromatic carbocycles. The van der Waals surface area contributed by atoms with Gasteiger partial charge in [0, 0.05) is 50.8 Å². The highest BCUT2D eigenvalue weighted by atomic mass is 19.1. The number of anilines is 2. The molecular formula is C22H36FN5O3. The number of rotatable bonds is 8. The number of aliphatic hydroxyl groups excluding tert-OH is 2. The molecule has 1 aliphatic rings. The Bertz CT molecular complexity index is 735. The number of aromatic nitrogens is 2. The lowest BCUT2D eigenvalue weighted by Gasteiger charge is -2.33. The van der Waals surface area contributed by atoms with E-state index in [1.54, 1.807) is 17.1 Å². The minimum atomic E-state index is -1.00. The number of aliphatic hydroxyl groups is 2. The Morgan fingerprint density at radius 1 is 1.29 bits per heavy atom. The SMILES string of the molecule is C/C=C\C(=C(\O)CC)C(O)CNc1cc(N2CCN(C=O)CC2)ncn1.CC(C)(C)F. The van der Waals surface area contributed by atoms with E-state index in [9.17, 15) is 19.4 Å². The van der Waals surface area contributed by atoms with E-state index in [0.29, 0.717) is 30.9 Å². The van der Waals surface area contributed by atoms with Crippen LogP contribution in [0.5, 0.6) is 0 Å². The van der Waals surface area contributed by atoms with Crippen molar-refractivity contribution >= 4 is 18.0 Å². The van der Waals surface area contributed by atoms with Crippen LogP contribution in [0.3, 0.4) is 0 Å². The van der Waals surface area contributed by atoms with Crippen LogP contribution in [0.2, 0.25) is 0 Å². The summed E-state index contributed by atoms with van der Waals surface area (Å²) >= 11 is 0. The van der Waals surface area contributed by atoms with Gasteiger partial charge in [-0.2, -0.15) is 0 Å². The van der Waals surface area contributed by atoms with Crippen molar-refractivity contribution in [3.8, 4) is 0 Å². The third kappa shape index (κ3) is 10.3. The zero-order chi connectivity index (χ0) is 23.4. The summed E-state index contributed by atoms with van der Waals surface area (Å²) in [4.78, 5) is 23.1. The minimum absolute atomic E-state index is 0.175. The van der Waals surface area contributed by atoms with Crippen LogP contribution in [-0.2, 0) is 4.79 Å². The molecule has 174 valence electrons. The fourth-order valence-electron chi connectivity index (χ4n) is 2.77. The van der Waals surface area contributed by atoms with Gasteiger partial charge in [0.1, 0.15) is 23.6 Å². The molecule has 1 aliphatic heterocycles. The van der Waals surface area contributed by atoms with Crippen LogP contribution in [0.25, 0.3) is 0 Å². The van der Waals surface area contributed by atoms with Gasteiger partial charge < -0.3 is 25.3 Å². The lowest BCUT2D eigenvalue weighted by molar-refractivity contribution is -0.118. The maximum Gasteiger partial charge on any atom is 0.209 e. The quantitative estimate of drug-likeness (QED) is 0.326.